The van der Waals surface area contributed by atoms with Gasteiger partial charge in [0.2, 0.25) is 5.91 Å². The minimum absolute atomic E-state index is 0.0168. The molecule has 0 saturated carbocycles. The minimum atomic E-state index is -0.314. The molecule has 0 saturated heterocycles. The second-order valence-corrected chi connectivity index (χ2v) is 4.82. The van der Waals surface area contributed by atoms with E-state index in [9.17, 15) is 15.0 Å². The molecule has 0 radical (unpaired) electrons. The van der Waals surface area contributed by atoms with E-state index >= 15 is 0 Å². The maximum absolute atomic E-state index is 11.8. The Bertz CT molecular complexity index is 652. The highest BCUT2D eigenvalue weighted by Gasteiger charge is 2.10. The van der Waals surface area contributed by atoms with E-state index in [1.54, 1.807) is 19.2 Å². The molecule has 2 aromatic rings. The molecule has 0 atom stereocenters. The van der Waals surface area contributed by atoms with Crippen molar-refractivity contribution in [3.63, 3.8) is 0 Å². The molecule has 1 amide bonds. The Morgan fingerprint density at radius 1 is 1.04 bits per heavy atom. The first-order valence-electron chi connectivity index (χ1n) is 7.18. The van der Waals surface area contributed by atoms with Gasteiger partial charge in [-0.05, 0) is 30.7 Å². The van der Waals surface area contributed by atoms with Crippen LogP contribution in [-0.2, 0) is 4.79 Å². The quantitative estimate of drug-likeness (QED) is 0.540. The maximum atomic E-state index is 11.8. The van der Waals surface area contributed by atoms with E-state index in [0.29, 0.717) is 24.5 Å². The molecule has 2 rings (SSSR count). The zero-order chi connectivity index (χ0) is 16.7. The molecule has 23 heavy (non-hydrogen) atoms. The van der Waals surface area contributed by atoms with Crippen LogP contribution in [0.3, 0.4) is 0 Å². The summed E-state index contributed by atoms with van der Waals surface area (Å²) in [7, 11) is 1.56. The Kier molecular flexibility index (Phi) is 5.68. The second kappa shape index (κ2) is 7.93. The summed E-state index contributed by atoms with van der Waals surface area (Å²) < 4.78 is 10.7. The van der Waals surface area contributed by atoms with Crippen LogP contribution in [0.5, 0.6) is 23.0 Å². The number of hydrogen-bond donors (Lipinski definition) is 3. The molecule has 0 aromatic heterocycles. The van der Waals surface area contributed by atoms with Gasteiger partial charge in [-0.2, -0.15) is 0 Å². The molecule has 6 nitrogen and oxygen atoms in total. The topological polar surface area (TPSA) is 88.0 Å². The summed E-state index contributed by atoms with van der Waals surface area (Å²) in [5.74, 6) is 0.586. The van der Waals surface area contributed by atoms with Gasteiger partial charge in [0.15, 0.2) is 11.5 Å². The Labute approximate surface area is 134 Å². The van der Waals surface area contributed by atoms with E-state index in [0.717, 1.165) is 0 Å². The van der Waals surface area contributed by atoms with Crippen LogP contribution in [0.2, 0.25) is 0 Å². The second-order valence-electron chi connectivity index (χ2n) is 4.82. The lowest BCUT2D eigenvalue weighted by atomic mass is 10.2. The number of phenolic OH excluding ortho intramolecular Hbond substituents is 2. The zero-order valence-electron chi connectivity index (χ0n) is 12.8. The van der Waals surface area contributed by atoms with Crippen molar-refractivity contribution in [1.29, 1.82) is 0 Å². The normalized spacial score (nSPS) is 10.1. The lowest BCUT2D eigenvalue weighted by Crippen LogP contribution is -2.13. The van der Waals surface area contributed by atoms with Gasteiger partial charge in [0.05, 0.1) is 13.7 Å². The van der Waals surface area contributed by atoms with E-state index < -0.39 is 0 Å². The molecular weight excluding hydrogens is 298 g/mol. The summed E-state index contributed by atoms with van der Waals surface area (Å²) in [4.78, 5) is 11.8. The number of para-hydroxylation sites is 3. The van der Waals surface area contributed by atoms with Crippen molar-refractivity contribution >= 4 is 11.6 Å². The van der Waals surface area contributed by atoms with Crippen LogP contribution in [0.1, 0.15) is 12.8 Å². The molecule has 3 N–H and O–H groups in total. The number of aromatic hydroxyl groups is 2. The highest BCUT2D eigenvalue weighted by Crippen LogP contribution is 2.32. The van der Waals surface area contributed by atoms with E-state index in [4.69, 9.17) is 9.47 Å². The smallest absolute Gasteiger partial charge is 0.224 e. The summed E-state index contributed by atoms with van der Waals surface area (Å²) in [6, 6.07) is 11.5. The van der Waals surface area contributed by atoms with Crippen molar-refractivity contribution in [2.45, 2.75) is 12.8 Å². The highest BCUT2D eigenvalue weighted by molar-refractivity contribution is 5.93. The van der Waals surface area contributed by atoms with Gasteiger partial charge in [-0.1, -0.05) is 18.2 Å². The molecule has 0 bridgehead atoms. The van der Waals surface area contributed by atoms with Crippen molar-refractivity contribution in [1.82, 2.24) is 0 Å². The number of phenols is 2. The Morgan fingerprint density at radius 2 is 1.70 bits per heavy atom. The number of nitrogens with one attached hydrogen (secondary N) is 1. The number of methoxy groups -OCH3 is 1. The van der Waals surface area contributed by atoms with Crippen LogP contribution < -0.4 is 14.8 Å². The van der Waals surface area contributed by atoms with Crippen molar-refractivity contribution in [2.75, 3.05) is 19.0 Å². The average Bonchev–Trinajstić information content (AvgIpc) is 2.55. The molecule has 0 aliphatic rings. The molecule has 0 aliphatic carbocycles. The minimum Gasteiger partial charge on any atom is -0.506 e. The highest BCUT2D eigenvalue weighted by atomic mass is 16.5. The largest absolute Gasteiger partial charge is 0.506 e. The first kappa shape index (κ1) is 16.5. The van der Waals surface area contributed by atoms with E-state index in [1.807, 2.05) is 12.1 Å². The monoisotopic (exact) mass is 317 g/mol. The predicted octanol–water partition coefficient (Wildman–Crippen LogP) is 2.90. The molecule has 2 aromatic carbocycles. The number of rotatable bonds is 7. The fourth-order valence-electron chi connectivity index (χ4n) is 2.01. The zero-order valence-corrected chi connectivity index (χ0v) is 12.8. The van der Waals surface area contributed by atoms with Crippen molar-refractivity contribution in [2.24, 2.45) is 0 Å². The fraction of sp³-hybridized carbons (Fsp3) is 0.235. The van der Waals surface area contributed by atoms with Gasteiger partial charge < -0.3 is 25.0 Å². The summed E-state index contributed by atoms with van der Waals surface area (Å²) in [6.45, 7) is 0.348. The first-order chi connectivity index (χ1) is 11.1. The number of carbonyl (C=O) groups excluding carboxylic acids is 1. The third-order valence-corrected chi connectivity index (χ3v) is 3.16. The van der Waals surface area contributed by atoms with Gasteiger partial charge in [-0.15, -0.1) is 0 Å². The van der Waals surface area contributed by atoms with Crippen LogP contribution in [0.25, 0.3) is 0 Å². The molecular formula is C17H19NO5. The molecule has 0 fully saturated rings. The summed E-state index contributed by atoms with van der Waals surface area (Å²) in [5.41, 5.74) is 0.0168. The van der Waals surface area contributed by atoms with Gasteiger partial charge in [-0.3, -0.25) is 4.79 Å². The van der Waals surface area contributed by atoms with Crippen LogP contribution in [0, 0.1) is 0 Å². The Morgan fingerprint density at radius 3 is 2.35 bits per heavy atom. The number of benzene rings is 2. The third-order valence-electron chi connectivity index (χ3n) is 3.16. The molecule has 0 unspecified atom stereocenters. The van der Waals surface area contributed by atoms with E-state index in [2.05, 4.69) is 5.32 Å². The SMILES string of the molecule is COc1ccccc1OCCCC(=O)Nc1c(O)cccc1O. The number of carbonyl (C=O) groups is 1. The maximum Gasteiger partial charge on any atom is 0.224 e. The molecule has 6 heteroatoms. The van der Waals surface area contributed by atoms with Gasteiger partial charge in [0.1, 0.15) is 17.2 Å². The average molecular weight is 317 g/mol. The molecule has 0 heterocycles. The van der Waals surface area contributed by atoms with Gasteiger partial charge in [-0.25, -0.2) is 0 Å². The standard InChI is InChI=1S/C17H19NO5/c1-22-14-8-2-3-9-15(14)23-11-5-10-16(21)18-17-12(19)6-4-7-13(17)20/h2-4,6-9,19-20H,5,10-11H2,1H3,(H,18,21). The number of hydrogen-bond acceptors (Lipinski definition) is 5. The summed E-state index contributed by atoms with van der Waals surface area (Å²) in [5, 5.41) is 21.7. The summed E-state index contributed by atoms with van der Waals surface area (Å²) in [6.07, 6.45) is 0.682. The predicted molar refractivity (Wildman–Crippen MR) is 86.1 cm³/mol. The van der Waals surface area contributed by atoms with Crippen molar-refractivity contribution < 1.29 is 24.5 Å². The van der Waals surface area contributed by atoms with Crippen molar-refractivity contribution in [3.8, 4) is 23.0 Å². The molecule has 0 aliphatic heterocycles. The van der Waals surface area contributed by atoms with Crippen LogP contribution in [-0.4, -0.2) is 29.8 Å². The Hall–Kier alpha value is -2.89. The van der Waals surface area contributed by atoms with Gasteiger partial charge >= 0.3 is 0 Å². The van der Waals surface area contributed by atoms with Crippen LogP contribution >= 0.6 is 0 Å². The van der Waals surface area contributed by atoms with Crippen LogP contribution in [0.15, 0.2) is 42.5 Å². The van der Waals surface area contributed by atoms with E-state index in [-0.39, 0.29) is 29.5 Å². The molecule has 0 spiro atoms. The first-order valence-corrected chi connectivity index (χ1v) is 7.18. The van der Waals surface area contributed by atoms with Gasteiger partial charge in [0, 0.05) is 6.42 Å². The van der Waals surface area contributed by atoms with Crippen molar-refractivity contribution in [3.05, 3.63) is 42.5 Å². The van der Waals surface area contributed by atoms with Crippen LogP contribution in [0.4, 0.5) is 5.69 Å². The number of anilines is 1. The van der Waals surface area contributed by atoms with Gasteiger partial charge in [0.25, 0.3) is 0 Å². The number of amides is 1. The van der Waals surface area contributed by atoms with E-state index in [1.165, 1.54) is 18.2 Å². The lowest BCUT2D eigenvalue weighted by Gasteiger charge is -2.11. The number of ether oxygens (including phenoxy) is 2. The third kappa shape index (κ3) is 4.54. The summed E-state index contributed by atoms with van der Waals surface area (Å²) >= 11 is 0. The molecule has 122 valence electrons. The Balaban J connectivity index is 1.79. The lowest BCUT2D eigenvalue weighted by molar-refractivity contribution is -0.116. The fourth-order valence-corrected chi connectivity index (χ4v) is 2.01.